The maximum Gasteiger partial charge on any atom is -1.00 e. The van der Waals surface area contributed by atoms with Crippen molar-refractivity contribution < 1.29 is 46.1 Å². The van der Waals surface area contributed by atoms with Crippen LogP contribution in [0, 0.1) is 43.8 Å². The normalized spacial score (nSPS) is 40.0. The van der Waals surface area contributed by atoms with Crippen LogP contribution in [0.1, 0.15) is 98.6 Å². The second kappa shape index (κ2) is 14.0. The fraction of sp³-hybridized carbons (Fsp3) is 0.431. The molecule has 0 bridgehead atoms. The van der Waals surface area contributed by atoms with Crippen LogP contribution in [-0.4, -0.2) is 3.21 Å². The van der Waals surface area contributed by atoms with Crippen molar-refractivity contribution >= 4 is 3.21 Å². The van der Waals surface area contributed by atoms with Crippen LogP contribution in [0.15, 0.2) is 155 Å². The van der Waals surface area contributed by atoms with Gasteiger partial charge in [0.2, 0.25) is 0 Å². The van der Waals surface area contributed by atoms with Gasteiger partial charge in [-0.2, -0.15) is 0 Å². The van der Waals surface area contributed by atoms with E-state index in [1.807, 2.05) is 3.21 Å². The molecule has 0 heterocycles. The Hall–Kier alpha value is -2.31. The van der Waals surface area contributed by atoms with E-state index in [0.29, 0.717) is 21.4 Å². The summed E-state index contributed by atoms with van der Waals surface area (Å²) in [6.45, 7) is 26.6. The molecule has 3 heteroatoms. The van der Waals surface area contributed by atoms with E-state index in [-0.39, 0.29) is 62.7 Å². The number of rotatable bonds is 6. The zero-order valence-electron chi connectivity index (χ0n) is 34.1. The van der Waals surface area contributed by atoms with Gasteiger partial charge in [-0.05, 0) is 0 Å². The van der Waals surface area contributed by atoms with Gasteiger partial charge in [-0.25, -0.2) is 0 Å². The predicted octanol–water partition coefficient (Wildman–Crippen LogP) is 7.48. The molecule has 0 saturated heterocycles. The van der Waals surface area contributed by atoms with Gasteiger partial charge in [0.15, 0.2) is 0 Å². The van der Waals surface area contributed by atoms with Crippen LogP contribution in [0.4, 0.5) is 0 Å². The third-order valence-corrected chi connectivity index (χ3v) is 27.9. The van der Waals surface area contributed by atoms with Crippen LogP contribution in [-0.2, 0) is 21.3 Å². The summed E-state index contributed by atoms with van der Waals surface area (Å²) in [5.74, 6) is 1.16. The summed E-state index contributed by atoms with van der Waals surface area (Å²) in [4.78, 5) is 0. The first-order valence-electron chi connectivity index (χ1n) is 20.0. The van der Waals surface area contributed by atoms with Gasteiger partial charge in [-0.1, -0.05) is 0 Å². The van der Waals surface area contributed by atoms with Gasteiger partial charge in [-0.15, -0.1) is 0 Å². The van der Waals surface area contributed by atoms with E-state index >= 15 is 0 Å². The molecule has 0 radical (unpaired) electrons. The van der Waals surface area contributed by atoms with Crippen molar-refractivity contribution in [3.05, 3.63) is 166 Å². The maximum absolute atomic E-state index is 2.92. The zero-order chi connectivity index (χ0) is 37.0. The minimum absolute atomic E-state index is 0. The molecule has 0 amide bonds. The molecule has 0 aromatic heterocycles. The number of halogens is 2. The van der Waals surface area contributed by atoms with Gasteiger partial charge in [0, 0.05) is 0 Å². The quantitative estimate of drug-likeness (QED) is 0.284. The predicted molar refractivity (Wildman–Crippen MR) is 220 cm³/mol. The van der Waals surface area contributed by atoms with Crippen LogP contribution in [0.2, 0.25) is 3.63 Å². The van der Waals surface area contributed by atoms with E-state index in [9.17, 15) is 0 Å². The first-order valence-corrected chi connectivity index (χ1v) is 23.9. The maximum atomic E-state index is 2.84. The molecule has 2 saturated carbocycles. The Labute approximate surface area is 347 Å². The molecule has 6 aliphatic carbocycles. The molecule has 282 valence electrons. The SMILES string of the molecule is CC1=CC=CC2[CH]([Zr+2]([C]3=CC=CC3)=[C](C(C)c3ccccc3)C(C)c3ccccc3)C3(C)C4(C)C=CC=CC4(C)C4(C)C=CC=CC4(C)C3(C)C12C.[Cl-].[Cl-]. The molecule has 6 aliphatic rings. The zero-order valence-corrected chi connectivity index (χ0v) is 38.1. The molecule has 0 spiro atoms. The molecule has 2 fully saturated rings. The third kappa shape index (κ3) is 4.74. The van der Waals surface area contributed by atoms with E-state index in [1.165, 1.54) is 11.1 Å². The van der Waals surface area contributed by atoms with E-state index in [2.05, 4.69) is 215 Å². The fourth-order valence-electron chi connectivity index (χ4n) is 14.1. The van der Waals surface area contributed by atoms with Crippen molar-refractivity contribution in [2.24, 2.45) is 43.8 Å². The van der Waals surface area contributed by atoms with Crippen LogP contribution in [0.5, 0.6) is 0 Å². The molecule has 11 unspecified atom stereocenters. The van der Waals surface area contributed by atoms with E-state index in [0.717, 1.165) is 6.42 Å². The molecule has 0 aliphatic heterocycles. The van der Waals surface area contributed by atoms with Crippen LogP contribution >= 0.6 is 0 Å². The average molecular weight is 835 g/mol. The van der Waals surface area contributed by atoms with E-state index in [1.54, 1.807) is 8.85 Å². The van der Waals surface area contributed by atoms with Gasteiger partial charge in [0.05, 0.1) is 0 Å². The second-order valence-corrected chi connectivity index (χ2v) is 25.0. The summed E-state index contributed by atoms with van der Waals surface area (Å²) in [7, 11) is 0. The molecule has 0 N–H and O–H groups in total. The summed E-state index contributed by atoms with van der Waals surface area (Å²) in [5, 5.41) is 0. The Morgan fingerprint density at radius 3 is 1.59 bits per heavy atom. The summed E-state index contributed by atoms with van der Waals surface area (Å²) in [6.07, 6.45) is 36.5. The van der Waals surface area contributed by atoms with Gasteiger partial charge in [0.1, 0.15) is 0 Å². The van der Waals surface area contributed by atoms with Gasteiger partial charge >= 0.3 is 325 Å². The molecule has 8 rings (SSSR count). The Morgan fingerprint density at radius 2 is 1.09 bits per heavy atom. The van der Waals surface area contributed by atoms with Crippen molar-refractivity contribution in [3.8, 4) is 0 Å². The smallest absolute Gasteiger partial charge is 1.00 e. The number of hydrogen-bond acceptors (Lipinski definition) is 0. The third-order valence-electron chi connectivity index (χ3n) is 17.8. The number of benzene rings is 2. The minimum atomic E-state index is -2.92. The summed E-state index contributed by atoms with van der Waals surface area (Å²) < 4.78 is 4.19. The van der Waals surface area contributed by atoms with Gasteiger partial charge in [-0.3, -0.25) is 0 Å². The standard InChI is InChI=1S/C29H37.C17H18.C5H5.2ClH.Zr/c1-21-14-13-15-22-20-27(6)25(4)18-10-9-16-23(25,2)24(3)17-11-12-19-26(24,5)29(27,8)28(21,22)7;1-14(16-9-5-3-6-10-16)13-15(2)17-11-7-4-8-12-17;1-2-4-5-3-1;;;/h9-20,22H,1-8H3;3-12,14-15H,1-2H3;1-3H,4H2;2*1H;/q;;;;;+2/p-2. The molecular weight excluding hydrogens is 775 g/mol. The number of hydrogen-bond donors (Lipinski definition) is 0. The first-order chi connectivity index (χ1) is 24.7. The monoisotopic (exact) mass is 832 g/mol. The first kappa shape index (κ1) is 41.3. The van der Waals surface area contributed by atoms with Crippen LogP contribution in [0.3, 0.4) is 0 Å². The number of allylic oxidation sites excluding steroid dienone is 16. The van der Waals surface area contributed by atoms with Crippen molar-refractivity contribution in [2.75, 3.05) is 0 Å². The Kier molecular flexibility index (Phi) is 10.7. The van der Waals surface area contributed by atoms with E-state index < -0.39 is 21.3 Å². The second-order valence-electron chi connectivity index (χ2n) is 18.5. The van der Waals surface area contributed by atoms with Crippen LogP contribution < -0.4 is 24.8 Å². The topological polar surface area (TPSA) is 0 Å². The number of fused-ring (bicyclic) bond motifs is 8. The summed E-state index contributed by atoms with van der Waals surface area (Å²) in [5.41, 5.74) is 3.91. The van der Waals surface area contributed by atoms with Gasteiger partial charge in [0.25, 0.3) is 0 Å². The average Bonchev–Trinajstić information content (AvgIpc) is 3.74. The Balaban J connectivity index is 0.00000249. The largest absolute Gasteiger partial charge is 1.00 e. The minimum Gasteiger partial charge on any atom is -1.00 e. The summed E-state index contributed by atoms with van der Waals surface area (Å²) in [6, 6.07) is 23.0. The Bertz CT molecular complexity index is 2030. The van der Waals surface area contributed by atoms with Crippen molar-refractivity contribution in [3.63, 3.8) is 0 Å². The fourth-order valence-corrected chi connectivity index (χ4v) is 26.4. The molecule has 0 nitrogen and oxygen atoms in total. The van der Waals surface area contributed by atoms with E-state index in [4.69, 9.17) is 0 Å². The Morgan fingerprint density at radius 1 is 0.611 bits per heavy atom. The van der Waals surface area contributed by atoms with Gasteiger partial charge < -0.3 is 24.8 Å². The van der Waals surface area contributed by atoms with Crippen molar-refractivity contribution in [1.82, 2.24) is 0 Å². The molecule has 2 aromatic carbocycles. The van der Waals surface area contributed by atoms with Crippen LogP contribution in [0.25, 0.3) is 0 Å². The molecular formula is C51H60Cl2Zr. The van der Waals surface area contributed by atoms with Crippen molar-refractivity contribution in [2.45, 2.75) is 91.1 Å². The molecule has 11 atom stereocenters. The molecule has 54 heavy (non-hydrogen) atoms. The van der Waals surface area contributed by atoms with Crippen molar-refractivity contribution in [1.29, 1.82) is 0 Å². The molecule has 2 aromatic rings. The summed E-state index contributed by atoms with van der Waals surface area (Å²) >= 11 is -2.92.